The molecule has 2 heterocycles. The van der Waals surface area contributed by atoms with Gasteiger partial charge in [-0.1, -0.05) is 13.8 Å². The standard InChI is InChI=1S/C18H23FN4O/c1-10(2)7-13-15(9-18(3,4)24)23-14-8-11(19)5-6-12(14)21-16(20)17(23)22-13/h5-6,8,10,24H,7,9H2,1-4H3,(H2,20,21). The summed E-state index contributed by atoms with van der Waals surface area (Å²) in [5, 5.41) is 10.3. The third-order valence-corrected chi connectivity index (χ3v) is 3.91. The van der Waals surface area contributed by atoms with Gasteiger partial charge >= 0.3 is 0 Å². The van der Waals surface area contributed by atoms with Crippen LogP contribution in [-0.2, 0) is 12.8 Å². The molecule has 1 aromatic carbocycles. The van der Waals surface area contributed by atoms with Gasteiger partial charge in [-0.25, -0.2) is 14.4 Å². The first kappa shape index (κ1) is 16.6. The van der Waals surface area contributed by atoms with Crippen molar-refractivity contribution in [3.05, 3.63) is 35.4 Å². The maximum absolute atomic E-state index is 13.8. The SMILES string of the molecule is CC(C)Cc1nc2c(N)nc3ccc(F)cc3n2c1CC(C)(C)O. The Balaban J connectivity index is 2.40. The third kappa shape index (κ3) is 3.06. The lowest BCUT2D eigenvalue weighted by Gasteiger charge is -2.19. The molecule has 0 radical (unpaired) electrons. The molecule has 3 N–H and O–H groups in total. The van der Waals surface area contributed by atoms with Gasteiger partial charge in [0.2, 0.25) is 0 Å². The molecule has 0 bridgehead atoms. The average Bonchev–Trinajstić information content (AvgIpc) is 2.77. The zero-order valence-corrected chi connectivity index (χ0v) is 14.5. The van der Waals surface area contributed by atoms with E-state index in [2.05, 4.69) is 23.8 Å². The second-order valence-corrected chi connectivity index (χ2v) is 7.38. The molecule has 0 saturated carbocycles. The minimum Gasteiger partial charge on any atom is -0.390 e. The maximum atomic E-state index is 13.8. The zero-order chi connectivity index (χ0) is 17.6. The fourth-order valence-corrected chi connectivity index (χ4v) is 3.02. The Hall–Kier alpha value is -2.21. The van der Waals surface area contributed by atoms with E-state index in [1.807, 2.05) is 4.40 Å². The Labute approximate surface area is 140 Å². The Morgan fingerprint density at radius 2 is 2.00 bits per heavy atom. The van der Waals surface area contributed by atoms with Gasteiger partial charge in [0, 0.05) is 18.2 Å². The van der Waals surface area contributed by atoms with Gasteiger partial charge in [-0.2, -0.15) is 0 Å². The molecule has 3 aromatic rings. The van der Waals surface area contributed by atoms with E-state index in [0.717, 1.165) is 17.8 Å². The van der Waals surface area contributed by atoms with E-state index in [1.54, 1.807) is 19.9 Å². The van der Waals surface area contributed by atoms with Gasteiger partial charge in [-0.15, -0.1) is 0 Å². The molecule has 0 spiro atoms. The van der Waals surface area contributed by atoms with Crippen molar-refractivity contribution in [2.24, 2.45) is 5.92 Å². The summed E-state index contributed by atoms with van der Waals surface area (Å²) in [4.78, 5) is 9.00. The normalized spacial score (nSPS) is 12.6. The number of hydrogen-bond donors (Lipinski definition) is 2. The van der Waals surface area contributed by atoms with Crippen molar-refractivity contribution >= 4 is 22.5 Å². The monoisotopic (exact) mass is 330 g/mol. The lowest BCUT2D eigenvalue weighted by molar-refractivity contribution is 0.0795. The minimum atomic E-state index is -0.917. The number of hydrogen-bond acceptors (Lipinski definition) is 4. The Bertz CT molecular complexity index is 909. The zero-order valence-electron chi connectivity index (χ0n) is 14.5. The molecule has 0 aliphatic rings. The molecule has 2 aromatic heterocycles. The fraction of sp³-hybridized carbons (Fsp3) is 0.444. The molecule has 6 heteroatoms. The van der Waals surface area contributed by atoms with Crippen LogP contribution in [0.3, 0.4) is 0 Å². The summed E-state index contributed by atoms with van der Waals surface area (Å²) < 4.78 is 15.7. The summed E-state index contributed by atoms with van der Waals surface area (Å²) in [6.45, 7) is 7.71. The van der Waals surface area contributed by atoms with Crippen LogP contribution >= 0.6 is 0 Å². The lowest BCUT2D eigenvalue weighted by Crippen LogP contribution is -2.24. The van der Waals surface area contributed by atoms with Crippen molar-refractivity contribution in [3.63, 3.8) is 0 Å². The second-order valence-electron chi connectivity index (χ2n) is 7.38. The smallest absolute Gasteiger partial charge is 0.180 e. The van der Waals surface area contributed by atoms with Crippen molar-refractivity contribution in [3.8, 4) is 0 Å². The Morgan fingerprint density at radius 3 is 2.62 bits per heavy atom. The number of nitrogen functional groups attached to an aromatic ring is 1. The number of nitrogens with zero attached hydrogens (tertiary/aromatic N) is 3. The first-order valence-corrected chi connectivity index (χ1v) is 8.13. The van der Waals surface area contributed by atoms with Crippen LogP contribution in [0.15, 0.2) is 18.2 Å². The quantitative estimate of drug-likeness (QED) is 0.770. The predicted octanol–water partition coefficient (Wildman–Crippen LogP) is 3.12. The van der Waals surface area contributed by atoms with Crippen LogP contribution in [0, 0.1) is 11.7 Å². The van der Waals surface area contributed by atoms with Gasteiger partial charge in [0.15, 0.2) is 11.5 Å². The number of aromatic nitrogens is 3. The van der Waals surface area contributed by atoms with Crippen molar-refractivity contribution in [2.75, 3.05) is 5.73 Å². The molecule has 0 amide bonds. The Morgan fingerprint density at radius 1 is 1.29 bits per heavy atom. The molecule has 0 atom stereocenters. The molecule has 3 rings (SSSR count). The van der Waals surface area contributed by atoms with E-state index < -0.39 is 5.60 Å². The number of anilines is 1. The molecule has 5 nitrogen and oxygen atoms in total. The summed E-state index contributed by atoms with van der Waals surface area (Å²) >= 11 is 0. The number of imidazole rings is 1. The Kier molecular flexibility index (Phi) is 3.95. The highest BCUT2D eigenvalue weighted by Gasteiger charge is 2.24. The molecular weight excluding hydrogens is 307 g/mol. The maximum Gasteiger partial charge on any atom is 0.180 e. The molecule has 128 valence electrons. The minimum absolute atomic E-state index is 0.307. The number of nitrogens with two attached hydrogens (primary N) is 1. The van der Waals surface area contributed by atoms with E-state index in [-0.39, 0.29) is 5.82 Å². The van der Waals surface area contributed by atoms with Crippen LogP contribution in [0.2, 0.25) is 0 Å². The molecule has 0 unspecified atom stereocenters. The summed E-state index contributed by atoms with van der Waals surface area (Å²) in [5.41, 5.74) is 8.63. The van der Waals surface area contributed by atoms with E-state index >= 15 is 0 Å². The molecule has 0 fully saturated rings. The van der Waals surface area contributed by atoms with E-state index in [1.165, 1.54) is 12.1 Å². The van der Waals surface area contributed by atoms with Crippen molar-refractivity contribution < 1.29 is 9.50 Å². The van der Waals surface area contributed by atoms with Gasteiger partial charge < -0.3 is 10.8 Å². The van der Waals surface area contributed by atoms with E-state index in [9.17, 15) is 9.50 Å². The second kappa shape index (κ2) is 5.70. The van der Waals surface area contributed by atoms with E-state index in [4.69, 9.17) is 5.73 Å². The van der Waals surface area contributed by atoms with Gasteiger partial charge in [-0.05, 0) is 38.3 Å². The van der Waals surface area contributed by atoms with Crippen molar-refractivity contribution in [1.29, 1.82) is 0 Å². The molecule has 0 aliphatic carbocycles. The van der Waals surface area contributed by atoms with Crippen LogP contribution in [0.1, 0.15) is 39.1 Å². The summed E-state index contributed by atoms with van der Waals surface area (Å²) in [7, 11) is 0. The van der Waals surface area contributed by atoms with Crippen LogP contribution in [0.4, 0.5) is 10.2 Å². The largest absolute Gasteiger partial charge is 0.390 e. The van der Waals surface area contributed by atoms with Gasteiger partial charge in [-0.3, -0.25) is 4.40 Å². The number of rotatable bonds is 4. The highest BCUT2D eigenvalue weighted by molar-refractivity contribution is 5.83. The number of halogens is 1. The van der Waals surface area contributed by atoms with Gasteiger partial charge in [0.05, 0.1) is 22.3 Å². The summed E-state index contributed by atoms with van der Waals surface area (Å²) in [6.07, 6.45) is 1.15. The third-order valence-electron chi connectivity index (χ3n) is 3.91. The van der Waals surface area contributed by atoms with Crippen LogP contribution < -0.4 is 5.73 Å². The van der Waals surface area contributed by atoms with E-state index in [0.29, 0.717) is 34.8 Å². The van der Waals surface area contributed by atoms with Crippen LogP contribution in [0.25, 0.3) is 16.7 Å². The molecule has 24 heavy (non-hydrogen) atoms. The fourth-order valence-electron chi connectivity index (χ4n) is 3.02. The first-order valence-electron chi connectivity index (χ1n) is 8.13. The van der Waals surface area contributed by atoms with Gasteiger partial charge in [0.25, 0.3) is 0 Å². The number of fused-ring (bicyclic) bond motifs is 3. The predicted molar refractivity (Wildman–Crippen MR) is 93.4 cm³/mol. The molecule has 0 aliphatic heterocycles. The van der Waals surface area contributed by atoms with Gasteiger partial charge in [0.1, 0.15) is 5.82 Å². The summed E-state index contributed by atoms with van der Waals surface area (Å²) in [5.74, 6) is 0.359. The van der Waals surface area contributed by atoms with Crippen LogP contribution in [-0.4, -0.2) is 25.1 Å². The topological polar surface area (TPSA) is 76.4 Å². The number of benzene rings is 1. The average molecular weight is 330 g/mol. The first-order chi connectivity index (χ1) is 11.2. The molecule has 0 saturated heterocycles. The van der Waals surface area contributed by atoms with Crippen LogP contribution in [0.5, 0.6) is 0 Å². The molecular formula is C18H23FN4O. The highest BCUT2D eigenvalue weighted by Crippen LogP contribution is 2.27. The highest BCUT2D eigenvalue weighted by atomic mass is 19.1. The lowest BCUT2D eigenvalue weighted by atomic mass is 9.98. The van der Waals surface area contributed by atoms with Crippen molar-refractivity contribution in [2.45, 2.75) is 46.1 Å². The summed E-state index contributed by atoms with van der Waals surface area (Å²) in [6, 6.07) is 4.40. The number of aliphatic hydroxyl groups is 1. The van der Waals surface area contributed by atoms with Crippen molar-refractivity contribution in [1.82, 2.24) is 14.4 Å².